The summed E-state index contributed by atoms with van der Waals surface area (Å²) in [5.74, 6) is 1.08. The average molecular weight is 288 g/mol. The summed E-state index contributed by atoms with van der Waals surface area (Å²) in [7, 11) is 1.66. The van der Waals surface area contributed by atoms with Crippen molar-refractivity contribution in [3.05, 3.63) is 41.5 Å². The molecule has 1 aliphatic heterocycles. The number of ether oxygens (including phenoxy) is 1. The van der Waals surface area contributed by atoms with Crippen LogP contribution in [0.3, 0.4) is 0 Å². The van der Waals surface area contributed by atoms with Crippen LogP contribution in [0.1, 0.15) is 31.2 Å². The molecule has 114 valence electrons. The second-order valence-corrected chi connectivity index (χ2v) is 5.44. The van der Waals surface area contributed by atoms with E-state index in [9.17, 15) is 4.79 Å². The first-order valence-corrected chi connectivity index (χ1v) is 7.49. The third-order valence-electron chi connectivity index (χ3n) is 3.83. The van der Waals surface area contributed by atoms with E-state index >= 15 is 0 Å². The maximum atomic E-state index is 12.1. The van der Waals surface area contributed by atoms with E-state index in [1.165, 1.54) is 5.57 Å². The summed E-state index contributed by atoms with van der Waals surface area (Å²) in [4.78, 5) is 12.1. The van der Waals surface area contributed by atoms with Crippen LogP contribution in [0.15, 0.2) is 35.9 Å². The molecule has 1 aromatic rings. The Hall–Kier alpha value is -1.81. The van der Waals surface area contributed by atoms with Crippen LogP contribution in [0, 0.1) is 0 Å². The molecule has 0 fully saturated rings. The molecule has 0 saturated heterocycles. The Labute approximate surface area is 126 Å². The first kappa shape index (κ1) is 15.6. The third kappa shape index (κ3) is 4.60. The molecule has 0 aliphatic carbocycles. The van der Waals surface area contributed by atoms with Crippen molar-refractivity contribution in [1.82, 2.24) is 10.6 Å². The summed E-state index contributed by atoms with van der Waals surface area (Å²) < 4.78 is 5.36. The lowest BCUT2D eigenvalue weighted by molar-refractivity contribution is -0.121. The number of carbonyl (C=O) groups excluding carboxylic acids is 1. The van der Waals surface area contributed by atoms with E-state index in [0.29, 0.717) is 13.0 Å². The van der Waals surface area contributed by atoms with Crippen molar-refractivity contribution < 1.29 is 9.53 Å². The molecule has 1 atom stereocenters. The summed E-state index contributed by atoms with van der Waals surface area (Å²) in [6.45, 7) is 4.63. The first-order chi connectivity index (χ1) is 10.2. The van der Waals surface area contributed by atoms with Gasteiger partial charge < -0.3 is 15.4 Å². The van der Waals surface area contributed by atoms with Crippen LogP contribution in [-0.4, -0.2) is 32.7 Å². The third-order valence-corrected chi connectivity index (χ3v) is 3.83. The number of benzene rings is 1. The Morgan fingerprint density at radius 1 is 1.43 bits per heavy atom. The monoisotopic (exact) mass is 288 g/mol. The zero-order valence-electron chi connectivity index (χ0n) is 12.8. The molecule has 4 heteroatoms. The number of nitrogens with one attached hydrogen (secondary N) is 2. The average Bonchev–Trinajstić information content (AvgIpc) is 2.53. The van der Waals surface area contributed by atoms with Crippen LogP contribution in [0.4, 0.5) is 0 Å². The van der Waals surface area contributed by atoms with E-state index in [2.05, 4.69) is 23.6 Å². The number of amides is 1. The lowest BCUT2D eigenvalue weighted by Gasteiger charge is -2.17. The van der Waals surface area contributed by atoms with Crippen molar-refractivity contribution in [1.29, 1.82) is 0 Å². The quantitative estimate of drug-likeness (QED) is 0.789. The van der Waals surface area contributed by atoms with Crippen molar-refractivity contribution >= 4 is 5.91 Å². The van der Waals surface area contributed by atoms with Crippen molar-refractivity contribution in [2.45, 2.75) is 25.7 Å². The molecule has 1 amide bonds. The molecule has 0 aromatic heterocycles. The molecular weight excluding hydrogens is 264 g/mol. The SMILES string of the molecule is COc1ccccc1C(C)CC(=O)NCC1=CCNCC1. The van der Waals surface area contributed by atoms with Crippen LogP contribution in [0.5, 0.6) is 5.75 Å². The number of methoxy groups -OCH3 is 1. The highest BCUT2D eigenvalue weighted by atomic mass is 16.5. The lowest BCUT2D eigenvalue weighted by atomic mass is 9.96. The van der Waals surface area contributed by atoms with Crippen molar-refractivity contribution in [3.63, 3.8) is 0 Å². The Morgan fingerprint density at radius 3 is 2.95 bits per heavy atom. The molecule has 1 heterocycles. The van der Waals surface area contributed by atoms with Gasteiger partial charge >= 0.3 is 0 Å². The van der Waals surface area contributed by atoms with Crippen LogP contribution in [0.2, 0.25) is 0 Å². The number of carbonyl (C=O) groups is 1. The number of hydrogen-bond donors (Lipinski definition) is 2. The van der Waals surface area contributed by atoms with E-state index in [1.54, 1.807) is 7.11 Å². The van der Waals surface area contributed by atoms with Gasteiger partial charge in [0, 0.05) is 19.5 Å². The topological polar surface area (TPSA) is 50.4 Å². The predicted molar refractivity (Wildman–Crippen MR) is 84.6 cm³/mol. The molecule has 0 radical (unpaired) electrons. The van der Waals surface area contributed by atoms with Gasteiger partial charge in [0.1, 0.15) is 5.75 Å². The summed E-state index contributed by atoms with van der Waals surface area (Å²) in [6.07, 6.45) is 3.65. The van der Waals surface area contributed by atoms with Gasteiger partial charge in [-0.2, -0.15) is 0 Å². The smallest absolute Gasteiger partial charge is 0.220 e. The number of rotatable bonds is 6. The van der Waals surface area contributed by atoms with Gasteiger partial charge in [-0.3, -0.25) is 4.79 Å². The fourth-order valence-corrected chi connectivity index (χ4v) is 2.58. The predicted octanol–water partition coefficient (Wildman–Crippen LogP) is 2.22. The van der Waals surface area contributed by atoms with Crippen LogP contribution in [-0.2, 0) is 4.79 Å². The minimum atomic E-state index is 0.0906. The Bertz CT molecular complexity index is 511. The molecule has 0 bridgehead atoms. The standard InChI is InChI=1S/C17H24N2O2/c1-13(15-5-3-4-6-16(15)21-2)11-17(20)19-12-14-7-9-18-10-8-14/h3-7,13,18H,8-12H2,1-2H3,(H,19,20). The lowest BCUT2D eigenvalue weighted by Crippen LogP contribution is -2.30. The van der Waals surface area contributed by atoms with Gasteiger partial charge in [-0.1, -0.05) is 36.8 Å². The minimum absolute atomic E-state index is 0.0906. The highest BCUT2D eigenvalue weighted by Crippen LogP contribution is 2.28. The summed E-state index contributed by atoms with van der Waals surface area (Å²) in [6, 6.07) is 7.88. The second-order valence-electron chi connectivity index (χ2n) is 5.44. The summed E-state index contributed by atoms with van der Waals surface area (Å²) >= 11 is 0. The normalized spacial score (nSPS) is 16.0. The van der Waals surface area contributed by atoms with Crippen molar-refractivity contribution in [3.8, 4) is 5.75 Å². The highest BCUT2D eigenvalue weighted by molar-refractivity contribution is 5.77. The highest BCUT2D eigenvalue weighted by Gasteiger charge is 2.15. The zero-order valence-corrected chi connectivity index (χ0v) is 12.8. The van der Waals surface area contributed by atoms with E-state index < -0.39 is 0 Å². The summed E-state index contributed by atoms with van der Waals surface area (Å²) in [5, 5.41) is 6.28. The van der Waals surface area contributed by atoms with E-state index in [-0.39, 0.29) is 11.8 Å². The Kier molecular flexibility index (Phi) is 5.81. The van der Waals surface area contributed by atoms with Gasteiger partial charge in [0.2, 0.25) is 5.91 Å². The zero-order chi connectivity index (χ0) is 15.1. The van der Waals surface area contributed by atoms with Crippen LogP contribution < -0.4 is 15.4 Å². The van der Waals surface area contributed by atoms with Gasteiger partial charge in [-0.25, -0.2) is 0 Å². The minimum Gasteiger partial charge on any atom is -0.496 e. The van der Waals surface area contributed by atoms with Gasteiger partial charge in [0.25, 0.3) is 0 Å². The first-order valence-electron chi connectivity index (χ1n) is 7.49. The van der Waals surface area contributed by atoms with Gasteiger partial charge in [0.15, 0.2) is 0 Å². The van der Waals surface area contributed by atoms with E-state index in [0.717, 1.165) is 30.8 Å². The molecule has 1 unspecified atom stereocenters. The van der Waals surface area contributed by atoms with Crippen LogP contribution in [0.25, 0.3) is 0 Å². The van der Waals surface area contributed by atoms with Gasteiger partial charge in [-0.15, -0.1) is 0 Å². The number of para-hydroxylation sites is 1. The Morgan fingerprint density at radius 2 is 2.24 bits per heavy atom. The maximum Gasteiger partial charge on any atom is 0.220 e. The van der Waals surface area contributed by atoms with Crippen molar-refractivity contribution in [2.24, 2.45) is 0 Å². The number of hydrogen-bond acceptors (Lipinski definition) is 3. The molecule has 0 spiro atoms. The summed E-state index contributed by atoms with van der Waals surface area (Å²) in [5.41, 5.74) is 2.39. The Balaban J connectivity index is 1.85. The maximum absolute atomic E-state index is 12.1. The molecule has 1 aromatic carbocycles. The fraction of sp³-hybridized carbons (Fsp3) is 0.471. The van der Waals surface area contributed by atoms with Crippen molar-refractivity contribution in [2.75, 3.05) is 26.7 Å². The molecule has 2 rings (SSSR count). The van der Waals surface area contributed by atoms with E-state index in [1.807, 2.05) is 24.3 Å². The molecule has 1 aliphatic rings. The van der Waals surface area contributed by atoms with Crippen LogP contribution >= 0.6 is 0 Å². The fourth-order valence-electron chi connectivity index (χ4n) is 2.58. The second kappa shape index (κ2) is 7.84. The van der Waals surface area contributed by atoms with E-state index in [4.69, 9.17) is 4.74 Å². The van der Waals surface area contributed by atoms with Gasteiger partial charge in [-0.05, 0) is 30.5 Å². The molecule has 2 N–H and O–H groups in total. The van der Waals surface area contributed by atoms with Gasteiger partial charge in [0.05, 0.1) is 7.11 Å². The molecule has 0 saturated carbocycles. The molecule has 4 nitrogen and oxygen atoms in total. The molecule has 21 heavy (non-hydrogen) atoms. The molecular formula is C17H24N2O2. The largest absolute Gasteiger partial charge is 0.496 e.